The maximum Gasteiger partial charge on any atom is 0.220 e. The molecule has 1 atom stereocenters. The number of nitrogens with one attached hydrogen (secondary N) is 1. The van der Waals surface area contributed by atoms with Crippen molar-refractivity contribution in [3.05, 3.63) is 59.7 Å². The van der Waals surface area contributed by atoms with E-state index in [4.69, 9.17) is 0 Å². The standard InChI is InChI=1S/C17H19N3O/c21-17(8-7-16-12-18-9-10-19-16)20-15-6-5-13-3-1-2-4-14(13)11-15/h1-4,9-10,12,15H,5-8,11H2,(H,20,21). The van der Waals surface area contributed by atoms with E-state index in [1.54, 1.807) is 18.6 Å². The zero-order chi connectivity index (χ0) is 14.5. The first-order valence-corrected chi connectivity index (χ1v) is 7.42. The van der Waals surface area contributed by atoms with Crippen molar-refractivity contribution in [2.75, 3.05) is 0 Å². The molecule has 1 heterocycles. The van der Waals surface area contributed by atoms with E-state index in [2.05, 4.69) is 39.6 Å². The third-order valence-corrected chi connectivity index (χ3v) is 3.94. The van der Waals surface area contributed by atoms with E-state index in [9.17, 15) is 4.79 Å². The number of rotatable bonds is 4. The van der Waals surface area contributed by atoms with Gasteiger partial charge in [-0.05, 0) is 36.8 Å². The first kappa shape index (κ1) is 13.7. The monoisotopic (exact) mass is 281 g/mol. The Kier molecular flexibility index (Phi) is 4.24. The summed E-state index contributed by atoms with van der Waals surface area (Å²) in [6.07, 6.45) is 9.13. The molecule has 1 aromatic carbocycles. The first-order valence-electron chi connectivity index (χ1n) is 7.42. The Labute approximate surface area is 124 Å². The van der Waals surface area contributed by atoms with Crippen molar-refractivity contribution in [2.45, 2.75) is 38.1 Å². The van der Waals surface area contributed by atoms with Crippen molar-refractivity contribution in [3.63, 3.8) is 0 Å². The van der Waals surface area contributed by atoms with Crippen molar-refractivity contribution >= 4 is 5.91 Å². The Morgan fingerprint density at radius 2 is 2.10 bits per heavy atom. The van der Waals surface area contributed by atoms with E-state index in [1.807, 2.05) is 0 Å². The van der Waals surface area contributed by atoms with Crippen molar-refractivity contribution in [1.82, 2.24) is 15.3 Å². The summed E-state index contributed by atoms with van der Waals surface area (Å²) in [6, 6.07) is 8.75. The summed E-state index contributed by atoms with van der Waals surface area (Å²) in [7, 11) is 0. The van der Waals surface area contributed by atoms with Crippen LogP contribution in [0.5, 0.6) is 0 Å². The second-order valence-electron chi connectivity index (χ2n) is 5.47. The number of aryl methyl sites for hydroxylation is 2. The van der Waals surface area contributed by atoms with Crippen molar-refractivity contribution in [2.24, 2.45) is 0 Å². The van der Waals surface area contributed by atoms with Gasteiger partial charge in [0.1, 0.15) is 0 Å². The maximum atomic E-state index is 12.0. The third-order valence-electron chi connectivity index (χ3n) is 3.94. The van der Waals surface area contributed by atoms with Gasteiger partial charge in [-0.2, -0.15) is 0 Å². The lowest BCUT2D eigenvalue weighted by atomic mass is 9.88. The Morgan fingerprint density at radius 1 is 1.24 bits per heavy atom. The summed E-state index contributed by atoms with van der Waals surface area (Å²) >= 11 is 0. The molecular formula is C17H19N3O. The minimum absolute atomic E-state index is 0.102. The molecule has 0 bridgehead atoms. The van der Waals surface area contributed by atoms with E-state index >= 15 is 0 Å². The van der Waals surface area contributed by atoms with E-state index in [-0.39, 0.29) is 11.9 Å². The van der Waals surface area contributed by atoms with Gasteiger partial charge < -0.3 is 5.32 Å². The zero-order valence-corrected chi connectivity index (χ0v) is 12.0. The lowest BCUT2D eigenvalue weighted by molar-refractivity contribution is -0.121. The van der Waals surface area contributed by atoms with Crippen LogP contribution in [-0.2, 0) is 24.1 Å². The summed E-state index contributed by atoms with van der Waals surface area (Å²) < 4.78 is 0. The molecule has 1 aliphatic carbocycles. The van der Waals surface area contributed by atoms with Gasteiger partial charge in [-0.1, -0.05) is 24.3 Å². The van der Waals surface area contributed by atoms with Crippen LogP contribution in [-0.4, -0.2) is 21.9 Å². The number of nitrogens with zero attached hydrogens (tertiary/aromatic N) is 2. The fraction of sp³-hybridized carbons (Fsp3) is 0.353. The van der Waals surface area contributed by atoms with Crippen LogP contribution < -0.4 is 5.32 Å². The molecule has 1 aliphatic rings. The molecule has 3 rings (SSSR count). The molecule has 21 heavy (non-hydrogen) atoms. The molecule has 1 amide bonds. The van der Waals surface area contributed by atoms with Crippen molar-refractivity contribution in [1.29, 1.82) is 0 Å². The normalized spacial score (nSPS) is 17.0. The molecule has 4 nitrogen and oxygen atoms in total. The minimum Gasteiger partial charge on any atom is -0.353 e. The van der Waals surface area contributed by atoms with Crippen molar-refractivity contribution in [3.8, 4) is 0 Å². The smallest absolute Gasteiger partial charge is 0.220 e. The fourth-order valence-electron chi connectivity index (χ4n) is 2.82. The average Bonchev–Trinajstić information content (AvgIpc) is 2.54. The molecule has 1 N–H and O–H groups in total. The predicted molar refractivity (Wildman–Crippen MR) is 80.8 cm³/mol. The van der Waals surface area contributed by atoms with Crippen LogP contribution in [0.1, 0.15) is 29.7 Å². The van der Waals surface area contributed by atoms with Crippen LogP contribution >= 0.6 is 0 Å². The summed E-state index contributed by atoms with van der Waals surface area (Å²) in [4.78, 5) is 20.2. The van der Waals surface area contributed by atoms with Crippen LogP contribution in [0.4, 0.5) is 0 Å². The second kappa shape index (κ2) is 6.48. The summed E-state index contributed by atoms with van der Waals surface area (Å²) in [5, 5.41) is 3.14. The summed E-state index contributed by atoms with van der Waals surface area (Å²) in [5.41, 5.74) is 3.65. The first-order chi connectivity index (χ1) is 10.3. The van der Waals surface area contributed by atoms with E-state index in [1.165, 1.54) is 11.1 Å². The largest absolute Gasteiger partial charge is 0.353 e. The number of aromatic nitrogens is 2. The number of benzene rings is 1. The Bertz CT molecular complexity index is 612. The molecule has 0 saturated heterocycles. The number of amides is 1. The molecule has 1 aromatic heterocycles. The SMILES string of the molecule is O=C(CCc1cnccn1)NC1CCc2ccccc2C1. The highest BCUT2D eigenvalue weighted by molar-refractivity contribution is 5.76. The number of hydrogen-bond acceptors (Lipinski definition) is 3. The average molecular weight is 281 g/mol. The van der Waals surface area contributed by atoms with E-state index in [0.717, 1.165) is 25.0 Å². The van der Waals surface area contributed by atoms with E-state index in [0.29, 0.717) is 12.8 Å². The van der Waals surface area contributed by atoms with Gasteiger partial charge in [0, 0.05) is 31.1 Å². The highest BCUT2D eigenvalue weighted by Crippen LogP contribution is 2.21. The molecule has 0 radical (unpaired) electrons. The van der Waals surface area contributed by atoms with Gasteiger partial charge in [-0.15, -0.1) is 0 Å². The highest BCUT2D eigenvalue weighted by atomic mass is 16.1. The maximum absolute atomic E-state index is 12.0. The van der Waals surface area contributed by atoms with Gasteiger partial charge in [0.05, 0.1) is 5.69 Å². The molecular weight excluding hydrogens is 262 g/mol. The molecule has 0 saturated carbocycles. The topological polar surface area (TPSA) is 54.9 Å². The Hall–Kier alpha value is -2.23. The number of fused-ring (bicyclic) bond motifs is 1. The van der Waals surface area contributed by atoms with Crippen LogP contribution in [0.2, 0.25) is 0 Å². The minimum atomic E-state index is 0.102. The fourth-order valence-corrected chi connectivity index (χ4v) is 2.82. The number of hydrogen-bond donors (Lipinski definition) is 1. The number of carbonyl (C=O) groups excluding carboxylic acids is 1. The summed E-state index contributed by atoms with van der Waals surface area (Å²) in [6.45, 7) is 0. The van der Waals surface area contributed by atoms with Crippen LogP contribution in [0, 0.1) is 0 Å². The zero-order valence-electron chi connectivity index (χ0n) is 12.0. The lowest BCUT2D eigenvalue weighted by Crippen LogP contribution is -2.38. The molecule has 4 heteroatoms. The number of carbonyl (C=O) groups is 1. The van der Waals surface area contributed by atoms with Gasteiger partial charge in [0.2, 0.25) is 5.91 Å². The second-order valence-corrected chi connectivity index (χ2v) is 5.47. The van der Waals surface area contributed by atoms with Crippen LogP contribution in [0.3, 0.4) is 0 Å². The summed E-state index contributed by atoms with van der Waals surface area (Å²) in [5.74, 6) is 0.102. The Morgan fingerprint density at radius 3 is 2.90 bits per heavy atom. The lowest BCUT2D eigenvalue weighted by Gasteiger charge is -2.25. The Balaban J connectivity index is 1.50. The molecule has 108 valence electrons. The van der Waals surface area contributed by atoms with Gasteiger partial charge in [0.15, 0.2) is 0 Å². The predicted octanol–water partition coefficient (Wildman–Crippen LogP) is 2.08. The molecule has 2 aromatic rings. The molecule has 0 fully saturated rings. The van der Waals surface area contributed by atoms with Crippen LogP contribution in [0.25, 0.3) is 0 Å². The van der Waals surface area contributed by atoms with E-state index < -0.39 is 0 Å². The van der Waals surface area contributed by atoms with Crippen LogP contribution in [0.15, 0.2) is 42.9 Å². The van der Waals surface area contributed by atoms with Gasteiger partial charge in [-0.25, -0.2) is 0 Å². The van der Waals surface area contributed by atoms with Gasteiger partial charge in [-0.3, -0.25) is 14.8 Å². The van der Waals surface area contributed by atoms with Gasteiger partial charge in [0.25, 0.3) is 0 Å². The van der Waals surface area contributed by atoms with Crippen molar-refractivity contribution < 1.29 is 4.79 Å². The molecule has 0 aliphatic heterocycles. The third kappa shape index (κ3) is 3.66. The highest BCUT2D eigenvalue weighted by Gasteiger charge is 2.19. The molecule has 1 unspecified atom stereocenters. The van der Waals surface area contributed by atoms with Gasteiger partial charge >= 0.3 is 0 Å². The molecule has 0 spiro atoms. The quantitative estimate of drug-likeness (QED) is 0.933.